The lowest BCUT2D eigenvalue weighted by atomic mass is 10.0. The van der Waals surface area contributed by atoms with Gasteiger partial charge in [0.2, 0.25) is 0 Å². The maximum absolute atomic E-state index is 13.0. The summed E-state index contributed by atoms with van der Waals surface area (Å²) in [5.41, 5.74) is -0.339. The zero-order chi connectivity index (χ0) is 16.3. The van der Waals surface area contributed by atoms with Crippen LogP contribution in [0.5, 0.6) is 0 Å². The molecule has 0 saturated carbocycles. The Bertz CT molecular complexity index is 507. The summed E-state index contributed by atoms with van der Waals surface area (Å²) in [5.74, 6) is -1.01. The van der Waals surface area contributed by atoms with Crippen LogP contribution >= 0.6 is 0 Å². The van der Waals surface area contributed by atoms with Gasteiger partial charge in [0.25, 0.3) is 5.91 Å². The number of carbonyl (C=O) groups excluding carboxylic acids is 1. The van der Waals surface area contributed by atoms with Crippen LogP contribution in [0.4, 0.5) is 13.2 Å². The molecule has 1 aromatic rings. The summed E-state index contributed by atoms with van der Waals surface area (Å²) in [6.07, 6.45) is -4.20. The SMILES string of the molecule is CCc1ccc(C(=O)NOCC(C)(C)O)c(C(F)(F)F)c1. The van der Waals surface area contributed by atoms with Crippen LogP contribution in [0, 0.1) is 0 Å². The van der Waals surface area contributed by atoms with E-state index in [9.17, 15) is 23.1 Å². The third kappa shape index (κ3) is 5.35. The van der Waals surface area contributed by atoms with Crippen LogP contribution in [0.15, 0.2) is 18.2 Å². The number of rotatable bonds is 5. The van der Waals surface area contributed by atoms with Crippen LogP contribution in [-0.2, 0) is 17.4 Å². The maximum Gasteiger partial charge on any atom is 0.417 e. The number of amides is 1. The minimum atomic E-state index is -4.63. The van der Waals surface area contributed by atoms with Crippen LogP contribution in [0.25, 0.3) is 0 Å². The van der Waals surface area contributed by atoms with E-state index in [1.807, 2.05) is 5.48 Å². The average Bonchev–Trinajstić information content (AvgIpc) is 2.35. The summed E-state index contributed by atoms with van der Waals surface area (Å²) in [4.78, 5) is 16.5. The Balaban J connectivity index is 2.93. The van der Waals surface area contributed by atoms with Crippen molar-refractivity contribution in [1.82, 2.24) is 5.48 Å². The van der Waals surface area contributed by atoms with Crippen molar-refractivity contribution in [2.45, 2.75) is 39.0 Å². The second-order valence-electron chi connectivity index (χ2n) is 5.26. The van der Waals surface area contributed by atoms with E-state index >= 15 is 0 Å². The minimum Gasteiger partial charge on any atom is -0.388 e. The smallest absolute Gasteiger partial charge is 0.388 e. The highest BCUT2D eigenvalue weighted by Gasteiger charge is 2.35. The Labute approximate surface area is 120 Å². The fourth-order valence-electron chi connectivity index (χ4n) is 1.58. The summed E-state index contributed by atoms with van der Waals surface area (Å²) in [6, 6.07) is 3.52. The molecule has 21 heavy (non-hydrogen) atoms. The van der Waals surface area contributed by atoms with Crippen molar-refractivity contribution in [2.24, 2.45) is 0 Å². The molecule has 1 rings (SSSR count). The predicted octanol–water partition coefficient (Wildman–Crippen LogP) is 2.70. The predicted molar refractivity (Wildman–Crippen MR) is 70.5 cm³/mol. The van der Waals surface area contributed by atoms with Gasteiger partial charge in [0.05, 0.1) is 16.7 Å². The first-order chi connectivity index (χ1) is 9.54. The zero-order valence-corrected chi connectivity index (χ0v) is 12.0. The Morgan fingerprint density at radius 3 is 2.43 bits per heavy atom. The number of aliphatic hydroxyl groups is 1. The van der Waals surface area contributed by atoms with Crippen molar-refractivity contribution in [3.8, 4) is 0 Å². The second-order valence-corrected chi connectivity index (χ2v) is 5.26. The molecule has 0 fully saturated rings. The normalized spacial score (nSPS) is 12.3. The molecule has 0 aliphatic carbocycles. The van der Waals surface area contributed by atoms with E-state index in [4.69, 9.17) is 4.84 Å². The largest absolute Gasteiger partial charge is 0.417 e. The summed E-state index contributed by atoms with van der Waals surface area (Å²) < 4.78 is 38.9. The summed E-state index contributed by atoms with van der Waals surface area (Å²) in [7, 11) is 0. The van der Waals surface area contributed by atoms with E-state index in [0.29, 0.717) is 12.0 Å². The molecule has 0 aliphatic rings. The van der Waals surface area contributed by atoms with Crippen LogP contribution < -0.4 is 5.48 Å². The molecule has 0 spiro atoms. The van der Waals surface area contributed by atoms with Crippen molar-refractivity contribution in [1.29, 1.82) is 0 Å². The molecule has 0 heterocycles. The van der Waals surface area contributed by atoms with Crippen molar-refractivity contribution >= 4 is 5.91 Å². The molecule has 4 nitrogen and oxygen atoms in total. The van der Waals surface area contributed by atoms with Gasteiger partial charge in [-0.1, -0.05) is 13.0 Å². The molecular weight excluding hydrogens is 287 g/mol. The van der Waals surface area contributed by atoms with E-state index in [2.05, 4.69) is 0 Å². The molecule has 0 bridgehead atoms. The molecule has 7 heteroatoms. The van der Waals surface area contributed by atoms with E-state index < -0.39 is 28.8 Å². The Morgan fingerprint density at radius 2 is 1.95 bits per heavy atom. The van der Waals surface area contributed by atoms with E-state index in [1.54, 1.807) is 6.92 Å². The number of benzene rings is 1. The zero-order valence-electron chi connectivity index (χ0n) is 12.0. The number of hydroxylamine groups is 1. The first kappa shape index (κ1) is 17.5. The number of halogens is 3. The van der Waals surface area contributed by atoms with Crippen LogP contribution in [0.1, 0.15) is 42.3 Å². The molecule has 0 unspecified atom stereocenters. The Morgan fingerprint density at radius 1 is 1.33 bits per heavy atom. The van der Waals surface area contributed by atoms with Gasteiger partial charge in [-0.25, -0.2) is 5.48 Å². The van der Waals surface area contributed by atoms with Crippen molar-refractivity contribution in [3.63, 3.8) is 0 Å². The van der Waals surface area contributed by atoms with Gasteiger partial charge in [-0.15, -0.1) is 0 Å². The molecular formula is C14H18F3NO3. The number of carbonyl (C=O) groups is 1. The fraction of sp³-hybridized carbons (Fsp3) is 0.500. The number of nitrogens with one attached hydrogen (secondary N) is 1. The molecule has 1 amide bonds. The van der Waals surface area contributed by atoms with Gasteiger partial charge < -0.3 is 5.11 Å². The van der Waals surface area contributed by atoms with Crippen molar-refractivity contribution in [2.75, 3.05) is 6.61 Å². The maximum atomic E-state index is 13.0. The number of alkyl halides is 3. The molecule has 0 aliphatic heterocycles. The lowest BCUT2D eigenvalue weighted by molar-refractivity contribution is -0.138. The molecule has 118 valence electrons. The lowest BCUT2D eigenvalue weighted by Crippen LogP contribution is -2.34. The van der Waals surface area contributed by atoms with E-state index in [1.165, 1.54) is 19.9 Å². The van der Waals surface area contributed by atoms with E-state index in [-0.39, 0.29) is 6.61 Å². The van der Waals surface area contributed by atoms with Crippen LogP contribution in [0.2, 0.25) is 0 Å². The number of hydrogen-bond donors (Lipinski definition) is 2. The lowest BCUT2D eigenvalue weighted by Gasteiger charge is -2.18. The quantitative estimate of drug-likeness (QED) is 0.822. The van der Waals surface area contributed by atoms with Crippen LogP contribution in [-0.4, -0.2) is 23.2 Å². The fourth-order valence-corrected chi connectivity index (χ4v) is 1.58. The third-order valence-corrected chi connectivity index (χ3v) is 2.63. The topological polar surface area (TPSA) is 58.6 Å². The first-order valence-corrected chi connectivity index (χ1v) is 6.39. The molecule has 2 N–H and O–H groups in total. The Kier molecular flexibility index (Phi) is 5.36. The molecule has 0 saturated heterocycles. The second kappa shape index (κ2) is 6.44. The van der Waals surface area contributed by atoms with Gasteiger partial charge in [-0.05, 0) is 38.0 Å². The summed E-state index contributed by atoms with van der Waals surface area (Å²) >= 11 is 0. The van der Waals surface area contributed by atoms with Crippen molar-refractivity contribution in [3.05, 3.63) is 34.9 Å². The van der Waals surface area contributed by atoms with Crippen LogP contribution in [0.3, 0.4) is 0 Å². The van der Waals surface area contributed by atoms with Crippen molar-refractivity contribution < 1.29 is 27.9 Å². The highest BCUT2D eigenvalue weighted by molar-refractivity contribution is 5.95. The number of aryl methyl sites for hydroxylation is 1. The molecule has 1 aromatic carbocycles. The Hall–Kier alpha value is -1.60. The monoisotopic (exact) mass is 305 g/mol. The highest BCUT2D eigenvalue weighted by Crippen LogP contribution is 2.32. The van der Waals surface area contributed by atoms with Gasteiger partial charge in [0, 0.05) is 0 Å². The molecule has 0 aromatic heterocycles. The highest BCUT2D eigenvalue weighted by atomic mass is 19.4. The third-order valence-electron chi connectivity index (χ3n) is 2.63. The van der Waals surface area contributed by atoms with Gasteiger partial charge in [-0.2, -0.15) is 13.2 Å². The number of hydrogen-bond acceptors (Lipinski definition) is 3. The van der Waals surface area contributed by atoms with Gasteiger partial charge in [0.15, 0.2) is 0 Å². The first-order valence-electron chi connectivity index (χ1n) is 6.39. The van der Waals surface area contributed by atoms with Gasteiger partial charge in [-0.3, -0.25) is 9.63 Å². The van der Waals surface area contributed by atoms with Gasteiger partial charge >= 0.3 is 6.18 Å². The van der Waals surface area contributed by atoms with Gasteiger partial charge in [0.1, 0.15) is 6.61 Å². The van der Waals surface area contributed by atoms with E-state index in [0.717, 1.165) is 12.1 Å². The summed E-state index contributed by atoms with van der Waals surface area (Å²) in [5, 5.41) is 9.40. The summed E-state index contributed by atoms with van der Waals surface area (Å²) in [6.45, 7) is 4.36. The molecule has 0 atom stereocenters. The minimum absolute atomic E-state index is 0.243. The standard InChI is InChI=1S/C14H18F3NO3/c1-4-9-5-6-10(11(7-9)14(15,16)17)12(19)18-21-8-13(2,3)20/h5-7,20H,4,8H2,1-3H3,(H,18,19). The average molecular weight is 305 g/mol. The molecule has 0 radical (unpaired) electrons.